The first-order chi connectivity index (χ1) is 14.3. The lowest BCUT2D eigenvalue weighted by Crippen LogP contribution is -2.36. The Kier molecular flexibility index (Phi) is 5.75. The fourth-order valence-corrected chi connectivity index (χ4v) is 5.52. The van der Waals surface area contributed by atoms with Crippen LogP contribution >= 0.6 is 11.3 Å². The Bertz CT molecular complexity index is 1130. The van der Waals surface area contributed by atoms with E-state index < -0.39 is 6.04 Å². The van der Waals surface area contributed by atoms with Crippen LogP contribution in [0.15, 0.2) is 35.1 Å². The molecule has 0 spiro atoms. The van der Waals surface area contributed by atoms with Gasteiger partial charge in [-0.15, -0.1) is 11.3 Å². The lowest BCUT2D eigenvalue weighted by molar-refractivity contribution is -0.119. The molecular weight excluding hydrogens is 396 g/mol. The second-order valence-electron chi connectivity index (χ2n) is 8.50. The monoisotopic (exact) mass is 424 g/mol. The van der Waals surface area contributed by atoms with Gasteiger partial charge in [-0.2, -0.15) is 0 Å². The van der Waals surface area contributed by atoms with E-state index in [1.165, 1.54) is 4.88 Å². The van der Waals surface area contributed by atoms with Gasteiger partial charge in [-0.05, 0) is 63.9 Å². The van der Waals surface area contributed by atoms with Gasteiger partial charge in [0.2, 0.25) is 5.91 Å². The van der Waals surface area contributed by atoms with E-state index in [1.54, 1.807) is 22.8 Å². The molecular formula is C23H28N4O2S. The molecule has 0 saturated heterocycles. The standard InChI is InChI=1S/C23H28N4O2S/c1-14-10-11-17-18(12-14)30-22-20(17)23(29)27(19(25-22)13-26(3)4)15(2)21(28)24-16-8-6-5-7-9-16/h5-9,14-15H,10-13H2,1-4H3,(H,24,28). The summed E-state index contributed by atoms with van der Waals surface area (Å²) in [6.07, 6.45) is 3.00. The topological polar surface area (TPSA) is 67.2 Å². The van der Waals surface area contributed by atoms with E-state index in [2.05, 4.69) is 12.2 Å². The van der Waals surface area contributed by atoms with Gasteiger partial charge in [0.25, 0.3) is 5.56 Å². The van der Waals surface area contributed by atoms with Crippen LogP contribution in [0.25, 0.3) is 10.2 Å². The van der Waals surface area contributed by atoms with Gasteiger partial charge >= 0.3 is 0 Å². The normalized spacial score (nSPS) is 17.2. The largest absolute Gasteiger partial charge is 0.324 e. The summed E-state index contributed by atoms with van der Waals surface area (Å²) in [7, 11) is 3.88. The molecule has 2 aromatic heterocycles. The highest BCUT2D eigenvalue weighted by Crippen LogP contribution is 2.36. The third kappa shape index (κ3) is 3.91. The van der Waals surface area contributed by atoms with Crippen LogP contribution in [-0.2, 0) is 24.2 Å². The van der Waals surface area contributed by atoms with Crippen molar-refractivity contribution in [2.24, 2.45) is 5.92 Å². The number of para-hydroxylation sites is 1. The Morgan fingerprint density at radius 1 is 1.33 bits per heavy atom. The van der Waals surface area contributed by atoms with E-state index in [4.69, 9.17) is 4.98 Å². The number of rotatable bonds is 5. The summed E-state index contributed by atoms with van der Waals surface area (Å²) in [4.78, 5) is 35.6. The fourth-order valence-electron chi connectivity index (χ4n) is 4.12. The van der Waals surface area contributed by atoms with Crippen molar-refractivity contribution in [2.75, 3.05) is 19.4 Å². The van der Waals surface area contributed by atoms with E-state index in [0.717, 1.165) is 29.7 Å². The maximum Gasteiger partial charge on any atom is 0.263 e. The lowest BCUT2D eigenvalue weighted by atomic mass is 9.89. The van der Waals surface area contributed by atoms with Crippen molar-refractivity contribution >= 4 is 33.1 Å². The number of anilines is 1. The van der Waals surface area contributed by atoms with Crippen LogP contribution in [0.5, 0.6) is 0 Å². The van der Waals surface area contributed by atoms with Gasteiger partial charge in [-0.1, -0.05) is 25.1 Å². The van der Waals surface area contributed by atoms with Crippen molar-refractivity contribution in [3.63, 3.8) is 0 Å². The average molecular weight is 425 g/mol. The van der Waals surface area contributed by atoms with Crippen LogP contribution < -0.4 is 10.9 Å². The summed E-state index contributed by atoms with van der Waals surface area (Å²) in [5.74, 6) is 1.03. The molecule has 2 heterocycles. The smallest absolute Gasteiger partial charge is 0.263 e. The van der Waals surface area contributed by atoms with E-state index in [9.17, 15) is 9.59 Å². The predicted molar refractivity (Wildman–Crippen MR) is 122 cm³/mol. The molecule has 0 fully saturated rings. The molecule has 0 radical (unpaired) electrons. The molecule has 0 saturated carbocycles. The molecule has 2 atom stereocenters. The predicted octanol–water partition coefficient (Wildman–Crippen LogP) is 3.84. The number of nitrogens with one attached hydrogen (secondary N) is 1. The Morgan fingerprint density at radius 2 is 2.07 bits per heavy atom. The van der Waals surface area contributed by atoms with E-state index in [0.29, 0.717) is 29.4 Å². The summed E-state index contributed by atoms with van der Waals surface area (Å²) in [6.45, 7) is 4.52. The molecule has 2 unspecified atom stereocenters. The van der Waals surface area contributed by atoms with Gasteiger partial charge in [0.1, 0.15) is 16.7 Å². The van der Waals surface area contributed by atoms with Crippen molar-refractivity contribution < 1.29 is 4.79 Å². The lowest BCUT2D eigenvalue weighted by Gasteiger charge is -2.21. The molecule has 0 bridgehead atoms. The number of thiophene rings is 1. The summed E-state index contributed by atoms with van der Waals surface area (Å²) >= 11 is 1.65. The molecule has 1 aromatic carbocycles. The summed E-state index contributed by atoms with van der Waals surface area (Å²) in [5.41, 5.74) is 1.76. The van der Waals surface area contributed by atoms with Gasteiger partial charge in [0.15, 0.2) is 0 Å². The van der Waals surface area contributed by atoms with Crippen LogP contribution in [0.2, 0.25) is 0 Å². The number of fused-ring (bicyclic) bond motifs is 3. The van der Waals surface area contributed by atoms with Crippen molar-refractivity contribution in [3.05, 3.63) is 57.0 Å². The summed E-state index contributed by atoms with van der Waals surface area (Å²) < 4.78 is 1.59. The highest BCUT2D eigenvalue weighted by Gasteiger charge is 2.27. The Labute approximate surface area is 180 Å². The zero-order valence-corrected chi connectivity index (χ0v) is 18.8. The van der Waals surface area contributed by atoms with E-state index >= 15 is 0 Å². The Hall–Kier alpha value is -2.51. The van der Waals surface area contributed by atoms with Crippen molar-refractivity contribution in [1.29, 1.82) is 0 Å². The maximum absolute atomic E-state index is 13.7. The number of amides is 1. The number of aromatic nitrogens is 2. The molecule has 4 rings (SSSR count). The number of hydrogen-bond acceptors (Lipinski definition) is 5. The third-order valence-electron chi connectivity index (χ3n) is 5.70. The van der Waals surface area contributed by atoms with Crippen LogP contribution in [0.1, 0.15) is 42.6 Å². The fraction of sp³-hybridized carbons (Fsp3) is 0.435. The van der Waals surface area contributed by atoms with Gasteiger partial charge in [0, 0.05) is 10.6 Å². The highest BCUT2D eigenvalue weighted by molar-refractivity contribution is 7.18. The zero-order chi connectivity index (χ0) is 21.4. The highest BCUT2D eigenvalue weighted by atomic mass is 32.1. The second-order valence-corrected chi connectivity index (χ2v) is 9.59. The average Bonchev–Trinajstić information content (AvgIpc) is 3.05. The van der Waals surface area contributed by atoms with Crippen molar-refractivity contribution in [1.82, 2.24) is 14.5 Å². The van der Waals surface area contributed by atoms with Crippen LogP contribution in [-0.4, -0.2) is 34.5 Å². The first-order valence-electron chi connectivity index (χ1n) is 10.4. The number of nitrogens with zero attached hydrogens (tertiary/aromatic N) is 3. The molecule has 0 aliphatic heterocycles. The van der Waals surface area contributed by atoms with Crippen LogP contribution in [0, 0.1) is 5.92 Å². The third-order valence-corrected chi connectivity index (χ3v) is 6.85. The Morgan fingerprint density at radius 3 is 2.77 bits per heavy atom. The molecule has 1 N–H and O–H groups in total. The molecule has 1 aliphatic carbocycles. The summed E-state index contributed by atoms with van der Waals surface area (Å²) in [6, 6.07) is 8.66. The van der Waals surface area contributed by atoms with Crippen molar-refractivity contribution in [2.45, 2.75) is 45.7 Å². The maximum atomic E-state index is 13.7. The molecule has 3 aromatic rings. The minimum absolute atomic E-state index is 0.0976. The summed E-state index contributed by atoms with van der Waals surface area (Å²) in [5, 5.41) is 3.63. The van der Waals surface area contributed by atoms with Gasteiger partial charge in [-0.25, -0.2) is 4.98 Å². The number of carbonyl (C=O) groups excluding carboxylic acids is 1. The second kappa shape index (κ2) is 8.32. The zero-order valence-electron chi connectivity index (χ0n) is 17.9. The quantitative estimate of drug-likeness (QED) is 0.676. The molecule has 6 nitrogen and oxygen atoms in total. The number of hydrogen-bond donors (Lipinski definition) is 1. The minimum atomic E-state index is -0.664. The first kappa shape index (κ1) is 20.8. The van der Waals surface area contributed by atoms with Crippen LogP contribution in [0.3, 0.4) is 0 Å². The SMILES string of the molecule is CC1CCc2c(sc3nc(CN(C)C)n(C(C)C(=O)Nc4ccccc4)c(=O)c23)C1. The molecule has 7 heteroatoms. The number of aryl methyl sites for hydroxylation is 1. The van der Waals surface area contributed by atoms with Gasteiger partial charge in [-0.3, -0.25) is 14.2 Å². The molecule has 1 aliphatic rings. The van der Waals surface area contributed by atoms with Gasteiger partial charge < -0.3 is 10.2 Å². The Balaban J connectivity index is 1.81. The molecule has 1 amide bonds. The van der Waals surface area contributed by atoms with Gasteiger partial charge in [0.05, 0.1) is 11.9 Å². The van der Waals surface area contributed by atoms with Crippen molar-refractivity contribution in [3.8, 4) is 0 Å². The number of carbonyl (C=O) groups is 1. The number of benzene rings is 1. The first-order valence-corrected chi connectivity index (χ1v) is 11.2. The minimum Gasteiger partial charge on any atom is -0.324 e. The molecule has 158 valence electrons. The molecule has 30 heavy (non-hydrogen) atoms. The van der Waals surface area contributed by atoms with E-state index in [1.807, 2.05) is 49.3 Å². The van der Waals surface area contributed by atoms with Crippen LogP contribution in [0.4, 0.5) is 5.69 Å². The van der Waals surface area contributed by atoms with E-state index in [-0.39, 0.29) is 11.5 Å².